The van der Waals surface area contributed by atoms with Crippen LogP contribution in [0.25, 0.3) is 10.9 Å². The summed E-state index contributed by atoms with van der Waals surface area (Å²) in [5.41, 5.74) is 7.23. The van der Waals surface area contributed by atoms with Crippen LogP contribution >= 0.6 is 39.1 Å². The Kier molecular flexibility index (Phi) is 3.93. The Balaban J connectivity index is 1.98. The molecular weight excluding hydrogens is 375 g/mol. The van der Waals surface area contributed by atoms with E-state index in [-0.39, 0.29) is 0 Å². The van der Waals surface area contributed by atoms with Crippen molar-refractivity contribution in [1.29, 1.82) is 0 Å². The van der Waals surface area contributed by atoms with Crippen molar-refractivity contribution < 1.29 is 4.74 Å². The molecule has 21 heavy (non-hydrogen) atoms. The fourth-order valence-corrected chi connectivity index (χ4v) is 2.71. The maximum Gasteiger partial charge on any atom is 0.219 e. The van der Waals surface area contributed by atoms with Crippen molar-refractivity contribution in [2.75, 3.05) is 5.73 Å². The van der Waals surface area contributed by atoms with E-state index in [9.17, 15) is 0 Å². The van der Waals surface area contributed by atoms with Crippen molar-refractivity contribution in [3.8, 4) is 11.6 Å². The second kappa shape index (κ2) is 5.72. The lowest BCUT2D eigenvalue weighted by molar-refractivity contribution is 0.465. The van der Waals surface area contributed by atoms with Gasteiger partial charge in [0.1, 0.15) is 5.75 Å². The van der Waals surface area contributed by atoms with Gasteiger partial charge in [-0.1, -0.05) is 23.2 Å². The number of fused-ring (bicyclic) bond motifs is 1. The number of anilines is 1. The largest absolute Gasteiger partial charge is 0.437 e. The summed E-state index contributed by atoms with van der Waals surface area (Å²) in [5.74, 6) is 0.889. The van der Waals surface area contributed by atoms with Crippen molar-refractivity contribution in [3.63, 3.8) is 0 Å². The second-order valence-corrected chi connectivity index (χ2v) is 6.07. The van der Waals surface area contributed by atoms with Crippen LogP contribution in [-0.2, 0) is 0 Å². The SMILES string of the molecule is Nc1ccc2nc(Oc3cc(Cl)c(Br)cc3Cl)ccc2c1. The number of rotatable bonds is 2. The van der Waals surface area contributed by atoms with Crippen molar-refractivity contribution in [1.82, 2.24) is 4.98 Å². The summed E-state index contributed by atoms with van der Waals surface area (Å²) in [7, 11) is 0. The summed E-state index contributed by atoms with van der Waals surface area (Å²) in [6, 6.07) is 12.5. The summed E-state index contributed by atoms with van der Waals surface area (Å²) in [4.78, 5) is 4.41. The normalized spacial score (nSPS) is 10.8. The molecule has 0 aliphatic rings. The van der Waals surface area contributed by atoms with Crippen LogP contribution in [0.5, 0.6) is 11.6 Å². The zero-order valence-electron chi connectivity index (χ0n) is 10.6. The van der Waals surface area contributed by atoms with Crippen molar-refractivity contribution >= 4 is 55.7 Å². The molecule has 0 unspecified atom stereocenters. The van der Waals surface area contributed by atoms with E-state index < -0.39 is 0 Å². The second-order valence-electron chi connectivity index (χ2n) is 4.40. The first kappa shape index (κ1) is 14.4. The van der Waals surface area contributed by atoms with E-state index in [1.54, 1.807) is 24.3 Å². The van der Waals surface area contributed by atoms with Gasteiger partial charge in [0.15, 0.2) is 0 Å². The van der Waals surface area contributed by atoms with Crippen LogP contribution in [0.15, 0.2) is 46.9 Å². The van der Waals surface area contributed by atoms with E-state index in [1.807, 2.05) is 18.2 Å². The van der Waals surface area contributed by atoms with E-state index >= 15 is 0 Å². The van der Waals surface area contributed by atoms with Crippen LogP contribution in [0.2, 0.25) is 10.0 Å². The minimum atomic E-state index is 0.438. The molecule has 0 atom stereocenters. The average Bonchev–Trinajstić information content (AvgIpc) is 2.45. The Morgan fingerprint density at radius 3 is 2.62 bits per heavy atom. The molecular formula is C15H9BrCl2N2O. The first-order chi connectivity index (χ1) is 10.0. The lowest BCUT2D eigenvalue weighted by Gasteiger charge is -2.09. The summed E-state index contributed by atoms with van der Waals surface area (Å²) >= 11 is 15.5. The highest BCUT2D eigenvalue weighted by atomic mass is 79.9. The number of halogens is 3. The van der Waals surface area contributed by atoms with Gasteiger partial charge in [-0.25, -0.2) is 4.98 Å². The fourth-order valence-electron chi connectivity index (χ4n) is 1.88. The molecule has 0 bridgehead atoms. The zero-order chi connectivity index (χ0) is 15.0. The van der Waals surface area contributed by atoms with E-state index in [1.165, 1.54) is 0 Å². The Morgan fingerprint density at radius 1 is 1.00 bits per heavy atom. The first-order valence-electron chi connectivity index (χ1n) is 6.01. The number of hydrogen-bond donors (Lipinski definition) is 1. The Bertz CT molecular complexity index is 839. The van der Waals surface area contributed by atoms with Crippen molar-refractivity contribution in [2.45, 2.75) is 0 Å². The zero-order valence-corrected chi connectivity index (χ0v) is 13.7. The molecule has 2 aromatic carbocycles. The molecule has 0 saturated heterocycles. The molecule has 3 rings (SSSR count). The van der Waals surface area contributed by atoms with Gasteiger partial charge < -0.3 is 10.5 Å². The third-order valence-electron chi connectivity index (χ3n) is 2.88. The molecule has 3 nitrogen and oxygen atoms in total. The highest BCUT2D eigenvalue weighted by Crippen LogP contribution is 2.36. The summed E-state index contributed by atoms with van der Waals surface area (Å²) < 4.78 is 6.42. The van der Waals surface area contributed by atoms with Gasteiger partial charge >= 0.3 is 0 Å². The van der Waals surface area contributed by atoms with Crippen molar-refractivity contribution in [2.24, 2.45) is 0 Å². The molecule has 106 valence electrons. The molecule has 0 saturated carbocycles. The Labute approximate surface area is 139 Å². The number of aromatic nitrogens is 1. The van der Waals surface area contributed by atoms with E-state index in [0.717, 1.165) is 10.9 Å². The van der Waals surface area contributed by atoms with Gasteiger partial charge in [-0.3, -0.25) is 0 Å². The number of ether oxygens (including phenoxy) is 1. The van der Waals surface area contributed by atoms with Crippen LogP contribution in [0.4, 0.5) is 5.69 Å². The highest BCUT2D eigenvalue weighted by molar-refractivity contribution is 9.10. The smallest absolute Gasteiger partial charge is 0.219 e. The van der Waals surface area contributed by atoms with Gasteiger partial charge in [0.25, 0.3) is 0 Å². The van der Waals surface area contributed by atoms with Gasteiger partial charge in [-0.15, -0.1) is 0 Å². The number of nitrogens with two attached hydrogens (primary N) is 1. The maximum atomic E-state index is 6.13. The fraction of sp³-hybridized carbons (Fsp3) is 0. The molecule has 1 aromatic heterocycles. The van der Waals surface area contributed by atoms with Crippen LogP contribution in [0, 0.1) is 0 Å². The third kappa shape index (κ3) is 3.07. The standard InChI is InChI=1S/C15H9BrCl2N2O/c16-10-6-12(18)14(7-11(10)17)21-15-4-1-8-5-9(19)2-3-13(8)20-15/h1-7H,19H2. The molecule has 1 heterocycles. The van der Waals surface area contributed by atoms with Gasteiger partial charge in [-0.2, -0.15) is 0 Å². The van der Waals surface area contributed by atoms with E-state index in [4.69, 9.17) is 33.7 Å². The monoisotopic (exact) mass is 382 g/mol. The molecule has 0 radical (unpaired) electrons. The molecule has 6 heteroatoms. The van der Waals surface area contributed by atoms with Gasteiger partial charge in [0.2, 0.25) is 5.88 Å². The lowest BCUT2D eigenvalue weighted by atomic mass is 10.2. The van der Waals surface area contributed by atoms with E-state index in [2.05, 4.69) is 20.9 Å². The molecule has 0 fully saturated rings. The highest BCUT2D eigenvalue weighted by Gasteiger charge is 2.09. The number of nitrogens with zero attached hydrogens (tertiary/aromatic N) is 1. The molecule has 0 aliphatic carbocycles. The average molecular weight is 384 g/mol. The Morgan fingerprint density at radius 2 is 1.81 bits per heavy atom. The van der Waals surface area contributed by atoms with Crippen LogP contribution in [0.1, 0.15) is 0 Å². The predicted octanol–water partition coefficient (Wildman–Crippen LogP) is 5.68. The number of hydrogen-bond acceptors (Lipinski definition) is 3. The Hall–Kier alpha value is -1.49. The van der Waals surface area contributed by atoms with Gasteiger partial charge in [-0.05, 0) is 46.3 Å². The van der Waals surface area contributed by atoms with Crippen molar-refractivity contribution in [3.05, 3.63) is 57.0 Å². The molecule has 0 aliphatic heterocycles. The van der Waals surface area contributed by atoms with Crippen LogP contribution < -0.4 is 10.5 Å². The minimum absolute atomic E-state index is 0.438. The molecule has 0 amide bonds. The third-order valence-corrected chi connectivity index (χ3v) is 4.37. The number of pyridine rings is 1. The summed E-state index contributed by atoms with van der Waals surface area (Å²) in [5, 5.41) is 1.91. The van der Waals surface area contributed by atoms with Crippen LogP contribution in [0.3, 0.4) is 0 Å². The number of nitrogen functional groups attached to an aromatic ring is 1. The molecule has 3 aromatic rings. The van der Waals surface area contributed by atoms with Gasteiger partial charge in [0, 0.05) is 27.7 Å². The summed E-state index contributed by atoms with van der Waals surface area (Å²) in [6.45, 7) is 0. The predicted molar refractivity (Wildman–Crippen MR) is 90.4 cm³/mol. The number of benzene rings is 2. The minimum Gasteiger partial charge on any atom is -0.437 e. The topological polar surface area (TPSA) is 48.1 Å². The quantitative estimate of drug-likeness (QED) is 0.457. The van der Waals surface area contributed by atoms with E-state index in [0.29, 0.717) is 31.8 Å². The molecule has 0 spiro atoms. The summed E-state index contributed by atoms with van der Waals surface area (Å²) in [6.07, 6.45) is 0. The van der Waals surface area contributed by atoms with Gasteiger partial charge in [0.05, 0.1) is 15.6 Å². The van der Waals surface area contributed by atoms with Crippen LogP contribution in [-0.4, -0.2) is 4.98 Å². The first-order valence-corrected chi connectivity index (χ1v) is 7.56. The maximum absolute atomic E-state index is 6.13. The lowest BCUT2D eigenvalue weighted by Crippen LogP contribution is -1.91. The molecule has 2 N–H and O–H groups in total.